The first-order chi connectivity index (χ1) is 14.5. The van der Waals surface area contributed by atoms with Crippen LogP contribution >= 0.6 is 0 Å². The smallest absolute Gasteiger partial charge is 0.251 e. The molecule has 30 heavy (non-hydrogen) atoms. The molecule has 0 bridgehead atoms. The Hall–Kier alpha value is -3.61. The van der Waals surface area contributed by atoms with Crippen LogP contribution < -0.4 is 15.4 Å². The number of nitrogens with one attached hydrogen (secondary N) is 2. The highest BCUT2D eigenvalue weighted by molar-refractivity contribution is 6.03. The van der Waals surface area contributed by atoms with Gasteiger partial charge in [-0.1, -0.05) is 0 Å². The Bertz CT molecular complexity index is 1100. The topological polar surface area (TPSA) is 85.2 Å². The van der Waals surface area contributed by atoms with E-state index < -0.39 is 0 Å². The summed E-state index contributed by atoms with van der Waals surface area (Å²) >= 11 is 0. The maximum absolute atomic E-state index is 12.5. The summed E-state index contributed by atoms with van der Waals surface area (Å²) in [5.74, 6) is 0.187. The summed E-state index contributed by atoms with van der Waals surface area (Å²) in [5, 5.41) is 10.2. The molecule has 1 atom stereocenters. The standard InChI is InChI=1S/C23H24N4O3/c1-14-12-15(2)27(26-14)17-6-4-16(5-7-17)22(28)24-11-10-19-20-13-18(30-3)8-9-21(20)25-23(19)29/h4-9,12-13,19H,10-11H2,1-3H3,(H,24,28)(H,25,29)/t19-/m1/s1. The van der Waals surface area contributed by atoms with E-state index in [9.17, 15) is 9.59 Å². The molecule has 2 aromatic carbocycles. The third-order valence-corrected chi connectivity index (χ3v) is 5.31. The molecule has 1 aromatic heterocycles. The number of aryl methyl sites for hydroxylation is 2. The van der Waals surface area contributed by atoms with E-state index in [0.29, 0.717) is 24.3 Å². The van der Waals surface area contributed by atoms with Gasteiger partial charge in [0, 0.05) is 23.5 Å². The predicted molar refractivity (Wildman–Crippen MR) is 114 cm³/mol. The van der Waals surface area contributed by atoms with Gasteiger partial charge in [0.25, 0.3) is 5.91 Å². The van der Waals surface area contributed by atoms with E-state index in [1.165, 1.54) is 0 Å². The van der Waals surface area contributed by atoms with Crippen LogP contribution in [0, 0.1) is 13.8 Å². The molecule has 7 heteroatoms. The molecule has 0 spiro atoms. The van der Waals surface area contributed by atoms with E-state index in [4.69, 9.17) is 4.74 Å². The minimum Gasteiger partial charge on any atom is -0.497 e. The number of hydrogen-bond acceptors (Lipinski definition) is 4. The number of benzene rings is 2. The van der Waals surface area contributed by atoms with Crippen LogP contribution in [0.5, 0.6) is 5.75 Å². The van der Waals surface area contributed by atoms with Crippen molar-refractivity contribution in [3.8, 4) is 11.4 Å². The Morgan fingerprint density at radius 1 is 1.17 bits per heavy atom. The molecule has 7 nitrogen and oxygen atoms in total. The largest absolute Gasteiger partial charge is 0.497 e. The lowest BCUT2D eigenvalue weighted by molar-refractivity contribution is -0.117. The number of amides is 2. The van der Waals surface area contributed by atoms with Crippen molar-refractivity contribution in [2.75, 3.05) is 19.0 Å². The van der Waals surface area contributed by atoms with Gasteiger partial charge in [-0.2, -0.15) is 5.10 Å². The zero-order valence-corrected chi connectivity index (χ0v) is 17.2. The van der Waals surface area contributed by atoms with Crippen molar-refractivity contribution >= 4 is 17.5 Å². The molecule has 0 aliphatic carbocycles. The Morgan fingerprint density at radius 2 is 1.93 bits per heavy atom. The minimum atomic E-state index is -0.302. The van der Waals surface area contributed by atoms with Crippen molar-refractivity contribution in [3.63, 3.8) is 0 Å². The van der Waals surface area contributed by atoms with E-state index in [1.54, 1.807) is 19.2 Å². The molecule has 0 saturated heterocycles. The lowest BCUT2D eigenvalue weighted by Gasteiger charge is -2.11. The number of rotatable bonds is 6. The quantitative estimate of drug-likeness (QED) is 0.660. The van der Waals surface area contributed by atoms with E-state index in [2.05, 4.69) is 15.7 Å². The van der Waals surface area contributed by atoms with Crippen molar-refractivity contribution in [1.29, 1.82) is 0 Å². The Morgan fingerprint density at radius 3 is 2.60 bits per heavy atom. The van der Waals surface area contributed by atoms with Crippen LogP contribution in [0.2, 0.25) is 0 Å². The van der Waals surface area contributed by atoms with Crippen molar-refractivity contribution in [2.45, 2.75) is 26.2 Å². The number of hydrogen-bond donors (Lipinski definition) is 2. The zero-order chi connectivity index (χ0) is 21.3. The number of aromatic nitrogens is 2. The fourth-order valence-corrected chi connectivity index (χ4v) is 3.79. The fraction of sp³-hybridized carbons (Fsp3) is 0.261. The summed E-state index contributed by atoms with van der Waals surface area (Å²) in [7, 11) is 1.60. The summed E-state index contributed by atoms with van der Waals surface area (Å²) in [6.45, 7) is 4.34. The number of carbonyl (C=O) groups excluding carboxylic acids is 2. The van der Waals surface area contributed by atoms with Gasteiger partial charge in [0.05, 0.1) is 24.4 Å². The van der Waals surface area contributed by atoms with Gasteiger partial charge in [-0.25, -0.2) is 4.68 Å². The predicted octanol–water partition coefficient (Wildman–Crippen LogP) is 3.35. The first-order valence-electron chi connectivity index (χ1n) is 9.87. The van der Waals surface area contributed by atoms with E-state index in [-0.39, 0.29) is 17.7 Å². The van der Waals surface area contributed by atoms with Crippen LogP contribution in [-0.2, 0) is 4.79 Å². The lowest BCUT2D eigenvalue weighted by atomic mass is 9.97. The molecule has 1 aliphatic heterocycles. The second kappa shape index (κ2) is 8.02. The number of carbonyl (C=O) groups is 2. The molecular weight excluding hydrogens is 380 g/mol. The Balaban J connectivity index is 1.38. The van der Waals surface area contributed by atoms with Gasteiger partial charge < -0.3 is 15.4 Å². The number of nitrogens with zero attached hydrogens (tertiary/aromatic N) is 2. The monoisotopic (exact) mass is 404 g/mol. The van der Waals surface area contributed by atoms with Gasteiger partial charge in [0.15, 0.2) is 0 Å². The summed E-state index contributed by atoms with van der Waals surface area (Å²) in [6.07, 6.45) is 0.515. The maximum Gasteiger partial charge on any atom is 0.251 e. The molecule has 3 aromatic rings. The van der Waals surface area contributed by atoms with Crippen molar-refractivity contribution in [1.82, 2.24) is 15.1 Å². The summed E-state index contributed by atoms with van der Waals surface area (Å²) in [4.78, 5) is 24.8. The molecule has 0 fully saturated rings. The van der Waals surface area contributed by atoms with Crippen molar-refractivity contribution in [3.05, 3.63) is 71.0 Å². The normalized spacial score (nSPS) is 14.9. The highest BCUT2D eigenvalue weighted by atomic mass is 16.5. The van der Waals surface area contributed by atoms with Gasteiger partial charge in [0.1, 0.15) is 5.75 Å². The van der Waals surface area contributed by atoms with Gasteiger partial charge in [0.2, 0.25) is 5.91 Å². The van der Waals surface area contributed by atoms with E-state index in [1.807, 2.05) is 54.9 Å². The third kappa shape index (κ3) is 3.78. The number of fused-ring (bicyclic) bond motifs is 1. The van der Waals surface area contributed by atoms with Crippen LogP contribution in [-0.4, -0.2) is 35.2 Å². The average molecular weight is 404 g/mol. The summed E-state index contributed by atoms with van der Waals surface area (Å²) < 4.78 is 7.11. The van der Waals surface area contributed by atoms with Gasteiger partial charge >= 0.3 is 0 Å². The van der Waals surface area contributed by atoms with Crippen LogP contribution in [0.1, 0.15) is 39.6 Å². The molecule has 154 valence electrons. The molecule has 0 saturated carbocycles. The van der Waals surface area contributed by atoms with Crippen LogP contribution in [0.4, 0.5) is 5.69 Å². The van der Waals surface area contributed by atoms with Crippen LogP contribution in [0.25, 0.3) is 5.69 Å². The maximum atomic E-state index is 12.5. The molecule has 2 N–H and O–H groups in total. The minimum absolute atomic E-state index is 0.0539. The highest BCUT2D eigenvalue weighted by Gasteiger charge is 2.30. The van der Waals surface area contributed by atoms with E-state index in [0.717, 1.165) is 28.3 Å². The van der Waals surface area contributed by atoms with Crippen molar-refractivity contribution < 1.29 is 14.3 Å². The first kappa shape index (κ1) is 19.7. The van der Waals surface area contributed by atoms with Crippen LogP contribution in [0.3, 0.4) is 0 Å². The molecule has 4 rings (SSSR count). The Kier molecular flexibility index (Phi) is 5.27. The second-order valence-electron chi connectivity index (χ2n) is 7.43. The molecule has 0 radical (unpaired) electrons. The number of ether oxygens (including phenoxy) is 1. The molecule has 2 heterocycles. The highest BCUT2D eigenvalue weighted by Crippen LogP contribution is 2.36. The van der Waals surface area contributed by atoms with E-state index >= 15 is 0 Å². The molecule has 0 unspecified atom stereocenters. The molecular formula is C23H24N4O3. The first-order valence-corrected chi connectivity index (χ1v) is 9.87. The Labute approximate surface area is 175 Å². The average Bonchev–Trinajstić information content (AvgIpc) is 3.25. The SMILES string of the molecule is COc1ccc2c(c1)[C@@H](CCNC(=O)c1ccc(-n3nc(C)cc3C)cc1)C(=O)N2. The molecule has 2 amide bonds. The zero-order valence-electron chi connectivity index (χ0n) is 17.2. The van der Waals surface area contributed by atoms with Crippen molar-refractivity contribution in [2.24, 2.45) is 0 Å². The van der Waals surface area contributed by atoms with Crippen LogP contribution in [0.15, 0.2) is 48.5 Å². The third-order valence-electron chi connectivity index (χ3n) is 5.31. The van der Waals surface area contributed by atoms with Gasteiger partial charge in [-0.15, -0.1) is 0 Å². The summed E-state index contributed by atoms with van der Waals surface area (Å²) in [5.41, 5.74) is 5.17. The number of anilines is 1. The molecule has 1 aliphatic rings. The second-order valence-corrected chi connectivity index (χ2v) is 7.43. The van der Waals surface area contributed by atoms with Gasteiger partial charge in [-0.05, 0) is 74.4 Å². The lowest BCUT2D eigenvalue weighted by Crippen LogP contribution is -2.27. The summed E-state index contributed by atoms with van der Waals surface area (Å²) in [6, 6.07) is 14.9. The fourth-order valence-electron chi connectivity index (χ4n) is 3.79. The van der Waals surface area contributed by atoms with Gasteiger partial charge in [-0.3, -0.25) is 9.59 Å². The number of methoxy groups -OCH3 is 1.